The molecule has 0 radical (unpaired) electrons. The second-order valence-electron chi connectivity index (χ2n) is 5.47. The minimum absolute atomic E-state index is 0.0489. The van der Waals surface area contributed by atoms with Crippen LogP contribution in [0.1, 0.15) is 43.2 Å². The van der Waals surface area contributed by atoms with Crippen LogP contribution in [0, 0.1) is 18.8 Å². The van der Waals surface area contributed by atoms with E-state index in [0.717, 1.165) is 29.8 Å². The van der Waals surface area contributed by atoms with E-state index >= 15 is 0 Å². The van der Waals surface area contributed by atoms with Crippen molar-refractivity contribution in [1.82, 2.24) is 0 Å². The van der Waals surface area contributed by atoms with Crippen molar-refractivity contribution < 1.29 is 9.53 Å². The van der Waals surface area contributed by atoms with Crippen molar-refractivity contribution in [3.8, 4) is 0 Å². The fourth-order valence-corrected chi connectivity index (χ4v) is 2.89. The molecule has 2 rings (SSSR count). The van der Waals surface area contributed by atoms with Gasteiger partial charge in [0, 0.05) is 5.02 Å². The average molecular weight is 281 g/mol. The number of hydrogen-bond acceptors (Lipinski definition) is 2. The van der Waals surface area contributed by atoms with Gasteiger partial charge in [-0.2, -0.15) is 0 Å². The van der Waals surface area contributed by atoms with E-state index in [1.165, 1.54) is 12.7 Å². The molecule has 3 atom stereocenters. The van der Waals surface area contributed by atoms with Gasteiger partial charge >= 0.3 is 5.97 Å². The monoisotopic (exact) mass is 280 g/mol. The molecular formula is C16H21ClO2. The van der Waals surface area contributed by atoms with E-state index in [2.05, 4.69) is 19.1 Å². The van der Waals surface area contributed by atoms with Crippen LogP contribution >= 0.6 is 11.6 Å². The summed E-state index contributed by atoms with van der Waals surface area (Å²) < 4.78 is 4.80. The highest BCUT2D eigenvalue weighted by Crippen LogP contribution is 2.46. The molecule has 1 aromatic rings. The first-order valence-electron chi connectivity index (χ1n) is 6.90. The number of benzene rings is 1. The molecule has 0 N–H and O–H groups in total. The quantitative estimate of drug-likeness (QED) is 0.750. The Morgan fingerprint density at radius 2 is 2.26 bits per heavy atom. The van der Waals surface area contributed by atoms with Gasteiger partial charge in [0.25, 0.3) is 0 Å². The van der Waals surface area contributed by atoms with Crippen molar-refractivity contribution >= 4 is 17.6 Å². The molecule has 19 heavy (non-hydrogen) atoms. The lowest BCUT2D eigenvalue weighted by Gasteiger charge is -2.16. The van der Waals surface area contributed by atoms with Crippen LogP contribution in [0.15, 0.2) is 18.2 Å². The fraction of sp³-hybridized carbons (Fsp3) is 0.562. The summed E-state index contributed by atoms with van der Waals surface area (Å²) >= 11 is 6.07. The van der Waals surface area contributed by atoms with Crippen LogP contribution in [-0.4, -0.2) is 13.1 Å². The summed E-state index contributed by atoms with van der Waals surface area (Å²) in [5.74, 6) is 1.09. The zero-order chi connectivity index (χ0) is 14.0. The molecule has 0 aromatic heterocycles. The number of rotatable bonds is 5. The van der Waals surface area contributed by atoms with Gasteiger partial charge in [-0.05, 0) is 55.2 Å². The van der Waals surface area contributed by atoms with Gasteiger partial charge in [-0.25, -0.2) is 0 Å². The first kappa shape index (κ1) is 14.4. The Kier molecular flexibility index (Phi) is 4.51. The first-order valence-corrected chi connectivity index (χ1v) is 7.28. The molecule has 0 saturated heterocycles. The summed E-state index contributed by atoms with van der Waals surface area (Å²) in [4.78, 5) is 11.4. The second-order valence-corrected chi connectivity index (χ2v) is 5.88. The van der Waals surface area contributed by atoms with Gasteiger partial charge in [0.1, 0.15) is 0 Å². The van der Waals surface area contributed by atoms with Gasteiger partial charge in [0.2, 0.25) is 0 Å². The molecule has 0 aliphatic heterocycles. The highest BCUT2D eigenvalue weighted by molar-refractivity contribution is 6.31. The smallest absolute Gasteiger partial charge is 0.308 e. The van der Waals surface area contributed by atoms with E-state index in [-0.39, 0.29) is 11.9 Å². The molecule has 1 aromatic carbocycles. The molecule has 0 bridgehead atoms. The predicted octanol–water partition coefficient (Wildman–Crippen LogP) is 4.34. The zero-order valence-electron chi connectivity index (χ0n) is 11.8. The zero-order valence-corrected chi connectivity index (χ0v) is 12.5. The highest BCUT2D eigenvalue weighted by atomic mass is 35.5. The number of aryl methyl sites for hydroxylation is 1. The van der Waals surface area contributed by atoms with E-state index in [4.69, 9.17) is 16.3 Å². The largest absolute Gasteiger partial charge is 0.469 e. The van der Waals surface area contributed by atoms with Gasteiger partial charge in [0.05, 0.1) is 13.0 Å². The lowest BCUT2D eigenvalue weighted by molar-refractivity contribution is -0.142. The van der Waals surface area contributed by atoms with Gasteiger partial charge < -0.3 is 4.74 Å². The van der Waals surface area contributed by atoms with E-state index < -0.39 is 0 Å². The molecule has 1 saturated carbocycles. The summed E-state index contributed by atoms with van der Waals surface area (Å²) in [6.07, 6.45) is 3.14. The Morgan fingerprint density at radius 1 is 1.53 bits per heavy atom. The number of hydrogen-bond donors (Lipinski definition) is 0. The first-order chi connectivity index (χ1) is 9.06. The van der Waals surface area contributed by atoms with Gasteiger partial charge in [-0.1, -0.05) is 30.7 Å². The normalized spacial score (nSPS) is 22.9. The summed E-state index contributed by atoms with van der Waals surface area (Å²) in [6, 6.07) is 6.25. The van der Waals surface area contributed by atoms with Crippen molar-refractivity contribution in [3.63, 3.8) is 0 Å². The van der Waals surface area contributed by atoms with E-state index in [9.17, 15) is 4.79 Å². The van der Waals surface area contributed by atoms with E-state index in [0.29, 0.717) is 11.8 Å². The molecule has 2 nitrogen and oxygen atoms in total. The third-order valence-electron chi connectivity index (χ3n) is 4.16. The van der Waals surface area contributed by atoms with Crippen LogP contribution in [0.25, 0.3) is 0 Å². The molecule has 0 heterocycles. The lowest BCUT2D eigenvalue weighted by Crippen LogP contribution is -2.06. The van der Waals surface area contributed by atoms with Gasteiger partial charge in [-0.3, -0.25) is 4.79 Å². The van der Waals surface area contributed by atoms with Crippen LogP contribution in [-0.2, 0) is 9.53 Å². The third kappa shape index (κ3) is 3.30. The summed E-state index contributed by atoms with van der Waals surface area (Å²) in [6.45, 7) is 4.23. The average Bonchev–Trinajstić information content (AvgIpc) is 3.17. The summed E-state index contributed by atoms with van der Waals surface area (Å²) in [5, 5.41) is 0.817. The molecule has 104 valence electrons. The number of carbonyl (C=O) groups is 1. The van der Waals surface area contributed by atoms with E-state index in [1.807, 2.05) is 13.0 Å². The molecule has 1 fully saturated rings. The number of methoxy groups -OCH3 is 1. The molecule has 3 heteroatoms. The Balaban J connectivity index is 2.01. The Labute approximate surface area is 120 Å². The van der Waals surface area contributed by atoms with Gasteiger partial charge in [-0.15, -0.1) is 0 Å². The SMILES string of the molecule is CCC(CC1CC1C(=O)OC)c1ccc(Cl)c(C)c1. The number of halogens is 1. The number of ether oxygens (including phenoxy) is 1. The van der Waals surface area contributed by atoms with Gasteiger partial charge in [0.15, 0.2) is 0 Å². The van der Waals surface area contributed by atoms with E-state index in [1.54, 1.807) is 0 Å². The van der Waals surface area contributed by atoms with Crippen LogP contribution in [0.3, 0.4) is 0 Å². The fourth-order valence-electron chi connectivity index (χ4n) is 2.77. The minimum Gasteiger partial charge on any atom is -0.469 e. The maximum atomic E-state index is 11.4. The topological polar surface area (TPSA) is 26.3 Å². The summed E-state index contributed by atoms with van der Waals surface area (Å²) in [7, 11) is 1.47. The maximum Gasteiger partial charge on any atom is 0.308 e. The number of carbonyl (C=O) groups excluding carboxylic acids is 1. The van der Waals surface area contributed by atoms with Crippen molar-refractivity contribution in [3.05, 3.63) is 34.3 Å². The molecule has 0 spiro atoms. The molecule has 1 aliphatic carbocycles. The third-order valence-corrected chi connectivity index (χ3v) is 4.58. The predicted molar refractivity (Wildman–Crippen MR) is 77.5 cm³/mol. The van der Waals surface area contributed by atoms with Crippen molar-refractivity contribution in [2.45, 2.75) is 39.0 Å². The Morgan fingerprint density at radius 3 is 2.84 bits per heavy atom. The van der Waals surface area contributed by atoms with Crippen LogP contribution in [0.4, 0.5) is 0 Å². The molecule has 1 aliphatic rings. The van der Waals surface area contributed by atoms with Crippen LogP contribution in [0.2, 0.25) is 5.02 Å². The Hall–Kier alpha value is -1.02. The Bertz CT molecular complexity index is 470. The van der Waals surface area contributed by atoms with Crippen molar-refractivity contribution in [1.29, 1.82) is 0 Å². The van der Waals surface area contributed by atoms with Crippen LogP contribution < -0.4 is 0 Å². The molecule has 0 amide bonds. The van der Waals surface area contributed by atoms with Crippen molar-refractivity contribution in [2.75, 3.05) is 7.11 Å². The maximum absolute atomic E-state index is 11.4. The number of esters is 1. The van der Waals surface area contributed by atoms with Crippen molar-refractivity contribution in [2.24, 2.45) is 11.8 Å². The highest BCUT2D eigenvalue weighted by Gasteiger charge is 2.44. The second kappa shape index (κ2) is 5.96. The van der Waals surface area contributed by atoms with Crippen LogP contribution in [0.5, 0.6) is 0 Å². The lowest BCUT2D eigenvalue weighted by atomic mass is 9.90. The minimum atomic E-state index is -0.0489. The summed E-state index contributed by atoms with van der Waals surface area (Å²) in [5.41, 5.74) is 2.46. The molecule has 3 unspecified atom stereocenters. The standard InChI is InChI=1S/C16H21ClO2/c1-4-11(8-13-9-14(13)16(18)19-3)12-5-6-15(17)10(2)7-12/h5-7,11,13-14H,4,8-9H2,1-3H3. The molecular weight excluding hydrogens is 260 g/mol.